The van der Waals surface area contributed by atoms with Crippen LogP contribution in [0.5, 0.6) is 11.5 Å². The summed E-state index contributed by atoms with van der Waals surface area (Å²) in [5, 5.41) is 2.86. The Balaban J connectivity index is 0.00000240. The number of amides is 1. The maximum absolute atomic E-state index is 12.4. The molecule has 3 rings (SSSR count). The van der Waals surface area contributed by atoms with E-state index in [0.717, 1.165) is 17.8 Å². The van der Waals surface area contributed by atoms with Gasteiger partial charge in [-0.25, -0.2) is 4.98 Å². The molecule has 0 aliphatic heterocycles. The molecule has 2 aromatic carbocycles. The molecule has 0 saturated carbocycles. The van der Waals surface area contributed by atoms with Gasteiger partial charge in [-0.05, 0) is 11.6 Å². The van der Waals surface area contributed by atoms with Crippen molar-refractivity contribution in [2.75, 3.05) is 14.2 Å². The van der Waals surface area contributed by atoms with Crippen LogP contribution in [0.15, 0.2) is 61.1 Å². The molecule has 0 aliphatic rings. The van der Waals surface area contributed by atoms with Crippen LogP contribution >= 0.6 is 24.8 Å². The van der Waals surface area contributed by atoms with Crippen LogP contribution in [-0.2, 0) is 24.3 Å². The number of rotatable bonds is 9. The third kappa shape index (κ3) is 7.17. The minimum absolute atomic E-state index is 0. The maximum atomic E-state index is 12.4. The van der Waals surface area contributed by atoms with Crippen LogP contribution in [0.2, 0.25) is 0 Å². The number of benzene rings is 2. The number of carbonyl (C=O) groups excluding carboxylic acids is 1. The van der Waals surface area contributed by atoms with Gasteiger partial charge in [0.1, 0.15) is 0 Å². The molecule has 9 heteroatoms. The normalized spacial score (nSPS) is 10.9. The van der Waals surface area contributed by atoms with Gasteiger partial charge in [0.05, 0.1) is 32.3 Å². The summed E-state index contributed by atoms with van der Waals surface area (Å²) in [7, 11) is 3.15. The molecule has 0 saturated heterocycles. The van der Waals surface area contributed by atoms with Gasteiger partial charge in [0.15, 0.2) is 11.5 Å². The Bertz CT molecular complexity index is 951. The van der Waals surface area contributed by atoms with Crippen molar-refractivity contribution < 1.29 is 14.3 Å². The molecule has 0 spiro atoms. The second kappa shape index (κ2) is 12.8. The van der Waals surface area contributed by atoms with E-state index in [1.54, 1.807) is 20.5 Å². The van der Waals surface area contributed by atoms with E-state index >= 15 is 0 Å². The van der Waals surface area contributed by atoms with Gasteiger partial charge in [-0.2, -0.15) is 0 Å². The topological polar surface area (TPSA) is 91.4 Å². The summed E-state index contributed by atoms with van der Waals surface area (Å²) in [4.78, 5) is 16.8. The molecule has 1 heterocycles. The SMILES string of the molecule is COc1cccc(CNC(=O)[C@@H](N)Cc2cn(Cc3ccccc3)cn2)c1OC.Cl.Cl. The number of nitrogens with one attached hydrogen (secondary N) is 1. The number of ether oxygens (including phenoxy) is 2. The van der Waals surface area contributed by atoms with Gasteiger partial charge < -0.3 is 25.1 Å². The zero-order valence-electron chi connectivity index (χ0n) is 17.5. The average Bonchev–Trinajstić information content (AvgIpc) is 3.18. The van der Waals surface area contributed by atoms with Crippen molar-refractivity contribution >= 4 is 30.7 Å². The van der Waals surface area contributed by atoms with Gasteiger partial charge in [0.25, 0.3) is 0 Å². The van der Waals surface area contributed by atoms with Gasteiger partial charge >= 0.3 is 0 Å². The monoisotopic (exact) mass is 466 g/mol. The molecule has 1 atom stereocenters. The van der Waals surface area contributed by atoms with Crippen molar-refractivity contribution in [2.45, 2.75) is 25.6 Å². The van der Waals surface area contributed by atoms with Crippen LogP contribution in [0.3, 0.4) is 0 Å². The van der Waals surface area contributed by atoms with Crippen LogP contribution in [0, 0.1) is 0 Å². The number of imidazole rings is 1. The first kappa shape index (κ1) is 26.3. The summed E-state index contributed by atoms with van der Waals surface area (Å²) >= 11 is 0. The molecule has 0 bridgehead atoms. The van der Waals surface area contributed by atoms with E-state index in [1.807, 2.05) is 47.2 Å². The number of hydrogen-bond acceptors (Lipinski definition) is 5. The molecule has 0 unspecified atom stereocenters. The molecular formula is C22H28Cl2N4O3. The average molecular weight is 467 g/mol. The van der Waals surface area contributed by atoms with Crippen LogP contribution in [0.25, 0.3) is 0 Å². The number of aromatic nitrogens is 2. The zero-order chi connectivity index (χ0) is 20.6. The van der Waals surface area contributed by atoms with E-state index in [-0.39, 0.29) is 30.7 Å². The summed E-state index contributed by atoms with van der Waals surface area (Å²) < 4.78 is 12.7. The Morgan fingerprint density at radius 3 is 2.52 bits per heavy atom. The van der Waals surface area contributed by atoms with E-state index in [0.29, 0.717) is 24.5 Å². The number of hydrogen-bond donors (Lipinski definition) is 2. The van der Waals surface area contributed by atoms with Gasteiger partial charge in [-0.1, -0.05) is 42.5 Å². The third-order valence-corrected chi connectivity index (χ3v) is 4.60. The van der Waals surface area contributed by atoms with Gasteiger partial charge in [-0.15, -0.1) is 24.8 Å². The fraction of sp³-hybridized carbons (Fsp3) is 0.273. The van der Waals surface area contributed by atoms with E-state index in [9.17, 15) is 4.79 Å². The fourth-order valence-corrected chi connectivity index (χ4v) is 3.12. The molecule has 7 nitrogen and oxygen atoms in total. The number of halogens is 2. The quantitative estimate of drug-likeness (QED) is 0.505. The Kier molecular flexibility index (Phi) is 10.9. The lowest BCUT2D eigenvalue weighted by molar-refractivity contribution is -0.122. The lowest BCUT2D eigenvalue weighted by atomic mass is 10.1. The number of nitrogens with two attached hydrogens (primary N) is 1. The van der Waals surface area contributed by atoms with Gasteiger partial charge in [-0.3, -0.25) is 4.79 Å². The first-order chi connectivity index (χ1) is 14.1. The van der Waals surface area contributed by atoms with Crippen molar-refractivity contribution in [1.29, 1.82) is 0 Å². The maximum Gasteiger partial charge on any atom is 0.237 e. The van der Waals surface area contributed by atoms with Gasteiger partial charge in [0.2, 0.25) is 5.91 Å². The molecule has 3 aromatic rings. The van der Waals surface area contributed by atoms with Crippen LogP contribution in [0.4, 0.5) is 0 Å². The van der Waals surface area contributed by atoms with E-state index < -0.39 is 6.04 Å². The highest BCUT2D eigenvalue weighted by Crippen LogP contribution is 2.30. The van der Waals surface area contributed by atoms with Crippen molar-refractivity contribution in [3.8, 4) is 11.5 Å². The fourth-order valence-electron chi connectivity index (χ4n) is 3.12. The third-order valence-electron chi connectivity index (χ3n) is 4.60. The first-order valence-corrected chi connectivity index (χ1v) is 9.38. The van der Waals surface area contributed by atoms with Crippen molar-refractivity contribution in [1.82, 2.24) is 14.9 Å². The number of methoxy groups -OCH3 is 2. The predicted octanol–water partition coefficient (Wildman–Crippen LogP) is 2.98. The van der Waals surface area contributed by atoms with Crippen LogP contribution in [0.1, 0.15) is 16.8 Å². The summed E-state index contributed by atoms with van der Waals surface area (Å²) in [6.45, 7) is 1.03. The Morgan fingerprint density at radius 1 is 1.10 bits per heavy atom. The highest BCUT2D eigenvalue weighted by Gasteiger charge is 2.17. The summed E-state index contributed by atoms with van der Waals surface area (Å²) in [6, 6.07) is 15.0. The smallest absolute Gasteiger partial charge is 0.237 e. The van der Waals surface area contributed by atoms with Gasteiger partial charge in [0, 0.05) is 31.3 Å². The molecule has 0 aliphatic carbocycles. The van der Waals surface area contributed by atoms with Crippen molar-refractivity contribution in [3.63, 3.8) is 0 Å². The molecule has 168 valence electrons. The van der Waals surface area contributed by atoms with Crippen molar-refractivity contribution in [3.05, 3.63) is 77.9 Å². The zero-order valence-corrected chi connectivity index (χ0v) is 19.1. The summed E-state index contributed by atoms with van der Waals surface area (Å²) in [5.74, 6) is 0.975. The van der Waals surface area contributed by atoms with Crippen LogP contribution in [-0.4, -0.2) is 35.7 Å². The number of carbonyl (C=O) groups is 1. The Morgan fingerprint density at radius 2 is 1.84 bits per heavy atom. The summed E-state index contributed by atoms with van der Waals surface area (Å²) in [5.41, 5.74) is 8.87. The Hall–Kier alpha value is -2.74. The largest absolute Gasteiger partial charge is 0.493 e. The van der Waals surface area contributed by atoms with Crippen molar-refractivity contribution in [2.24, 2.45) is 5.73 Å². The predicted molar refractivity (Wildman–Crippen MR) is 125 cm³/mol. The minimum Gasteiger partial charge on any atom is -0.493 e. The lowest BCUT2D eigenvalue weighted by Gasteiger charge is -2.15. The highest BCUT2D eigenvalue weighted by molar-refractivity contribution is 5.85. The van der Waals surface area contributed by atoms with E-state index in [1.165, 1.54) is 5.56 Å². The highest BCUT2D eigenvalue weighted by atomic mass is 35.5. The van der Waals surface area contributed by atoms with E-state index in [2.05, 4.69) is 22.4 Å². The standard InChI is InChI=1S/C22H26N4O3.2ClH/c1-28-20-10-6-9-17(21(20)29-2)12-24-22(27)19(23)11-18-14-26(15-25-18)13-16-7-4-3-5-8-16;;/h3-10,14-15,19H,11-13,23H2,1-2H3,(H,24,27);2*1H/t19-;;/m0../s1. The first-order valence-electron chi connectivity index (χ1n) is 9.38. The second-order valence-corrected chi connectivity index (χ2v) is 6.70. The second-order valence-electron chi connectivity index (χ2n) is 6.70. The molecule has 3 N–H and O–H groups in total. The molecule has 1 amide bonds. The molecular weight excluding hydrogens is 439 g/mol. The molecule has 0 fully saturated rings. The molecule has 1 aromatic heterocycles. The summed E-state index contributed by atoms with van der Waals surface area (Å²) in [6.07, 6.45) is 4.04. The minimum atomic E-state index is -0.688. The Labute approximate surface area is 194 Å². The number of para-hydroxylation sites is 1. The van der Waals surface area contributed by atoms with E-state index in [4.69, 9.17) is 15.2 Å². The molecule has 0 radical (unpaired) electrons. The van der Waals surface area contributed by atoms with Crippen LogP contribution < -0.4 is 20.5 Å². The lowest BCUT2D eigenvalue weighted by Crippen LogP contribution is -2.41. The number of nitrogens with zero attached hydrogens (tertiary/aromatic N) is 2. The molecule has 31 heavy (non-hydrogen) atoms.